The summed E-state index contributed by atoms with van der Waals surface area (Å²) in [7, 11) is 2.17. The predicted octanol–water partition coefficient (Wildman–Crippen LogP) is 3.36. The highest BCUT2D eigenvalue weighted by Gasteiger charge is 2.24. The molecular formula is C16H28N2. The SMILES string of the molecule is Cc1cccc(C(C(C)N)N(C)CC(C)(C)C)c1. The van der Waals surface area contributed by atoms with Crippen LogP contribution in [0.15, 0.2) is 24.3 Å². The fourth-order valence-electron chi connectivity index (χ4n) is 2.66. The molecule has 0 aliphatic heterocycles. The lowest BCUT2D eigenvalue weighted by Gasteiger charge is -2.36. The maximum absolute atomic E-state index is 6.20. The molecule has 0 aliphatic rings. The Balaban J connectivity index is 2.96. The molecule has 0 amide bonds. The third-order valence-corrected chi connectivity index (χ3v) is 3.08. The van der Waals surface area contributed by atoms with Crippen molar-refractivity contribution in [1.82, 2.24) is 4.90 Å². The summed E-state index contributed by atoms with van der Waals surface area (Å²) >= 11 is 0. The number of benzene rings is 1. The minimum Gasteiger partial charge on any atom is -0.326 e. The summed E-state index contributed by atoms with van der Waals surface area (Å²) in [6.45, 7) is 12.0. The van der Waals surface area contributed by atoms with Crippen LogP contribution in [0.3, 0.4) is 0 Å². The van der Waals surface area contributed by atoms with Crippen molar-refractivity contribution < 1.29 is 0 Å². The zero-order chi connectivity index (χ0) is 13.9. The first-order chi connectivity index (χ1) is 8.20. The third kappa shape index (κ3) is 4.43. The normalized spacial score (nSPS) is 15.8. The van der Waals surface area contributed by atoms with Gasteiger partial charge in [-0.3, -0.25) is 4.90 Å². The van der Waals surface area contributed by atoms with Crippen molar-refractivity contribution >= 4 is 0 Å². The number of likely N-dealkylation sites (N-methyl/N-ethyl adjacent to an activating group) is 1. The molecule has 2 nitrogen and oxygen atoms in total. The molecule has 0 aromatic heterocycles. The Kier molecular flexibility index (Phi) is 4.94. The molecule has 0 saturated carbocycles. The molecule has 18 heavy (non-hydrogen) atoms. The van der Waals surface area contributed by atoms with Crippen LogP contribution in [0.2, 0.25) is 0 Å². The molecule has 1 rings (SSSR count). The predicted molar refractivity (Wildman–Crippen MR) is 79.7 cm³/mol. The molecule has 2 unspecified atom stereocenters. The summed E-state index contributed by atoms with van der Waals surface area (Å²) in [5.74, 6) is 0. The summed E-state index contributed by atoms with van der Waals surface area (Å²) in [6.07, 6.45) is 0. The van der Waals surface area contributed by atoms with Gasteiger partial charge >= 0.3 is 0 Å². The van der Waals surface area contributed by atoms with Gasteiger partial charge in [0.15, 0.2) is 0 Å². The Morgan fingerprint density at radius 1 is 1.28 bits per heavy atom. The molecule has 2 heteroatoms. The van der Waals surface area contributed by atoms with E-state index in [2.05, 4.69) is 70.8 Å². The number of hydrogen-bond donors (Lipinski definition) is 1. The van der Waals surface area contributed by atoms with Crippen LogP contribution in [0.5, 0.6) is 0 Å². The van der Waals surface area contributed by atoms with E-state index in [0.29, 0.717) is 0 Å². The van der Waals surface area contributed by atoms with Gasteiger partial charge in [-0.1, -0.05) is 50.6 Å². The lowest BCUT2D eigenvalue weighted by Crippen LogP contribution is -2.41. The summed E-state index contributed by atoms with van der Waals surface area (Å²) in [5, 5.41) is 0. The number of aryl methyl sites for hydroxylation is 1. The van der Waals surface area contributed by atoms with Gasteiger partial charge in [0.1, 0.15) is 0 Å². The smallest absolute Gasteiger partial charge is 0.0493 e. The van der Waals surface area contributed by atoms with Gasteiger partial charge in [0.25, 0.3) is 0 Å². The van der Waals surface area contributed by atoms with E-state index in [-0.39, 0.29) is 17.5 Å². The van der Waals surface area contributed by atoms with Gasteiger partial charge in [-0.25, -0.2) is 0 Å². The monoisotopic (exact) mass is 248 g/mol. The Labute approximate surface area is 112 Å². The van der Waals surface area contributed by atoms with E-state index in [4.69, 9.17) is 5.73 Å². The molecule has 1 aromatic carbocycles. The standard InChI is InChI=1S/C16H28N2/c1-12-8-7-9-14(10-12)15(13(2)17)18(6)11-16(3,4)5/h7-10,13,15H,11,17H2,1-6H3. The quantitative estimate of drug-likeness (QED) is 0.885. The Bertz CT molecular complexity index is 377. The van der Waals surface area contributed by atoms with Gasteiger partial charge in [0.05, 0.1) is 0 Å². The van der Waals surface area contributed by atoms with E-state index in [1.54, 1.807) is 0 Å². The zero-order valence-corrected chi connectivity index (χ0v) is 12.7. The van der Waals surface area contributed by atoms with Crippen molar-refractivity contribution in [2.45, 2.75) is 46.7 Å². The lowest BCUT2D eigenvalue weighted by molar-refractivity contribution is 0.156. The Morgan fingerprint density at radius 3 is 2.33 bits per heavy atom. The highest BCUT2D eigenvalue weighted by molar-refractivity contribution is 5.26. The minimum atomic E-state index is 0.124. The summed E-state index contributed by atoms with van der Waals surface area (Å²) in [6, 6.07) is 9.08. The van der Waals surface area contributed by atoms with Crippen molar-refractivity contribution in [1.29, 1.82) is 0 Å². The van der Waals surface area contributed by atoms with Gasteiger partial charge in [0, 0.05) is 18.6 Å². The van der Waals surface area contributed by atoms with Crippen LogP contribution < -0.4 is 5.73 Å². The number of nitrogens with two attached hydrogens (primary N) is 1. The minimum absolute atomic E-state index is 0.124. The van der Waals surface area contributed by atoms with Gasteiger partial charge in [-0.2, -0.15) is 0 Å². The van der Waals surface area contributed by atoms with Crippen LogP contribution in [0.25, 0.3) is 0 Å². The molecule has 0 radical (unpaired) electrons. The second-order valence-corrected chi connectivity index (χ2v) is 6.69. The summed E-state index contributed by atoms with van der Waals surface area (Å²) in [5.41, 5.74) is 9.09. The fourth-order valence-corrected chi connectivity index (χ4v) is 2.66. The van der Waals surface area contributed by atoms with Gasteiger partial charge in [-0.15, -0.1) is 0 Å². The van der Waals surface area contributed by atoms with Gasteiger partial charge < -0.3 is 5.73 Å². The van der Waals surface area contributed by atoms with Crippen LogP contribution in [-0.2, 0) is 0 Å². The van der Waals surface area contributed by atoms with Gasteiger partial charge in [-0.05, 0) is 31.9 Å². The highest BCUT2D eigenvalue weighted by atomic mass is 15.1. The maximum Gasteiger partial charge on any atom is 0.0493 e. The molecular weight excluding hydrogens is 220 g/mol. The number of nitrogens with zero attached hydrogens (tertiary/aromatic N) is 1. The second kappa shape index (κ2) is 5.85. The Hall–Kier alpha value is -0.860. The lowest BCUT2D eigenvalue weighted by atomic mass is 9.92. The first kappa shape index (κ1) is 15.2. The van der Waals surface area contributed by atoms with E-state index in [9.17, 15) is 0 Å². The molecule has 2 atom stereocenters. The summed E-state index contributed by atoms with van der Waals surface area (Å²) in [4.78, 5) is 2.37. The van der Waals surface area contributed by atoms with Crippen molar-refractivity contribution in [2.75, 3.05) is 13.6 Å². The van der Waals surface area contributed by atoms with Crippen molar-refractivity contribution in [3.8, 4) is 0 Å². The molecule has 2 N–H and O–H groups in total. The molecule has 0 fully saturated rings. The molecule has 0 saturated heterocycles. The summed E-state index contributed by atoms with van der Waals surface area (Å²) < 4.78 is 0. The van der Waals surface area contributed by atoms with Crippen molar-refractivity contribution in [3.63, 3.8) is 0 Å². The highest BCUT2D eigenvalue weighted by Crippen LogP contribution is 2.26. The Morgan fingerprint density at radius 2 is 1.89 bits per heavy atom. The van der Waals surface area contributed by atoms with E-state index in [1.807, 2.05) is 0 Å². The van der Waals surface area contributed by atoms with Crippen LogP contribution in [0, 0.1) is 12.3 Å². The van der Waals surface area contributed by atoms with Crippen LogP contribution >= 0.6 is 0 Å². The van der Waals surface area contributed by atoms with E-state index in [1.165, 1.54) is 11.1 Å². The average molecular weight is 248 g/mol. The molecule has 0 aliphatic carbocycles. The van der Waals surface area contributed by atoms with Crippen molar-refractivity contribution in [3.05, 3.63) is 35.4 Å². The van der Waals surface area contributed by atoms with E-state index in [0.717, 1.165) is 6.54 Å². The maximum atomic E-state index is 6.20. The molecule has 0 spiro atoms. The van der Waals surface area contributed by atoms with Crippen LogP contribution in [0.1, 0.15) is 44.9 Å². The first-order valence-corrected chi connectivity index (χ1v) is 6.73. The largest absolute Gasteiger partial charge is 0.326 e. The third-order valence-electron chi connectivity index (χ3n) is 3.08. The van der Waals surface area contributed by atoms with E-state index >= 15 is 0 Å². The molecule has 1 aromatic rings. The first-order valence-electron chi connectivity index (χ1n) is 6.73. The van der Waals surface area contributed by atoms with E-state index < -0.39 is 0 Å². The topological polar surface area (TPSA) is 29.3 Å². The van der Waals surface area contributed by atoms with Crippen LogP contribution in [-0.4, -0.2) is 24.5 Å². The van der Waals surface area contributed by atoms with Crippen molar-refractivity contribution in [2.24, 2.45) is 11.1 Å². The fraction of sp³-hybridized carbons (Fsp3) is 0.625. The number of hydrogen-bond acceptors (Lipinski definition) is 2. The molecule has 0 heterocycles. The zero-order valence-electron chi connectivity index (χ0n) is 12.7. The second-order valence-electron chi connectivity index (χ2n) is 6.69. The van der Waals surface area contributed by atoms with Gasteiger partial charge in [0.2, 0.25) is 0 Å². The average Bonchev–Trinajstić information content (AvgIpc) is 2.13. The molecule has 0 bridgehead atoms. The molecule has 102 valence electrons. The van der Waals surface area contributed by atoms with Crippen LogP contribution in [0.4, 0.5) is 0 Å². The number of rotatable bonds is 4.